The molecule has 0 spiro atoms. The van der Waals surface area contributed by atoms with Crippen LogP contribution in [0.5, 0.6) is 0 Å². The number of nitrogens with one attached hydrogen (secondary N) is 3. The van der Waals surface area contributed by atoms with Crippen LogP contribution in [0.1, 0.15) is 24.8 Å². The number of benzene rings is 1. The van der Waals surface area contributed by atoms with Gasteiger partial charge in [0.1, 0.15) is 0 Å². The van der Waals surface area contributed by atoms with Crippen LogP contribution < -0.4 is 10.6 Å². The number of alkyl halides is 3. The van der Waals surface area contributed by atoms with Crippen LogP contribution in [0.15, 0.2) is 18.3 Å². The largest absolute Gasteiger partial charge is 0.416 e. The van der Waals surface area contributed by atoms with Gasteiger partial charge in [0.2, 0.25) is 0 Å². The van der Waals surface area contributed by atoms with Gasteiger partial charge in [-0.1, -0.05) is 6.42 Å². The zero-order valence-corrected chi connectivity index (χ0v) is 11.4. The molecule has 1 saturated heterocycles. The Morgan fingerprint density at radius 3 is 2.86 bits per heavy atom. The highest BCUT2D eigenvalue weighted by atomic mass is 19.4. The van der Waals surface area contributed by atoms with Crippen LogP contribution in [0.2, 0.25) is 0 Å². The topological polar surface area (TPSA) is 52.7 Å². The first-order valence-corrected chi connectivity index (χ1v) is 7.05. The first-order chi connectivity index (χ1) is 10.0. The molecular weight excluding hydrogens is 281 g/mol. The van der Waals surface area contributed by atoms with Gasteiger partial charge in [-0.05, 0) is 31.5 Å². The van der Waals surface area contributed by atoms with E-state index in [2.05, 4.69) is 20.8 Å². The highest BCUT2D eigenvalue weighted by molar-refractivity contribution is 5.91. The van der Waals surface area contributed by atoms with Crippen molar-refractivity contribution in [3.63, 3.8) is 0 Å². The van der Waals surface area contributed by atoms with E-state index in [0.717, 1.165) is 37.9 Å². The van der Waals surface area contributed by atoms with E-state index in [9.17, 15) is 13.2 Å². The first-order valence-electron chi connectivity index (χ1n) is 7.05. The molecule has 1 atom stereocenters. The maximum absolute atomic E-state index is 12.9. The molecule has 1 aromatic carbocycles. The van der Waals surface area contributed by atoms with E-state index < -0.39 is 11.7 Å². The Labute approximate surface area is 120 Å². The lowest BCUT2D eigenvalue weighted by Crippen LogP contribution is -2.39. The second-order valence-electron chi connectivity index (χ2n) is 5.38. The van der Waals surface area contributed by atoms with Crippen molar-refractivity contribution >= 4 is 16.6 Å². The van der Waals surface area contributed by atoms with Crippen molar-refractivity contribution in [2.24, 2.45) is 0 Å². The smallest absolute Gasteiger partial charge is 0.383 e. The number of nitrogens with zero attached hydrogens (tertiary/aromatic N) is 1. The van der Waals surface area contributed by atoms with E-state index in [4.69, 9.17) is 0 Å². The molecule has 21 heavy (non-hydrogen) atoms. The van der Waals surface area contributed by atoms with Crippen molar-refractivity contribution in [1.82, 2.24) is 15.5 Å². The van der Waals surface area contributed by atoms with Gasteiger partial charge in [-0.25, -0.2) is 0 Å². The summed E-state index contributed by atoms with van der Waals surface area (Å²) in [5, 5.41) is 13.6. The summed E-state index contributed by atoms with van der Waals surface area (Å²) in [6.45, 7) is 1.58. The van der Waals surface area contributed by atoms with E-state index >= 15 is 0 Å². The van der Waals surface area contributed by atoms with Crippen molar-refractivity contribution in [1.29, 1.82) is 0 Å². The maximum atomic E-state index is 12.9. The van der Waals surface area contributed by atoms with Crippen molar-refractivity contribution < 1.29 is 13.2 Å². The lowest BCUT2D eigenvalue weighted by Gasteiger charge is -2.24. The molecule has 2 aromatic rings. The number of hydrogen-bond acceptors (Lipinski definition) is 3. The van der Waals surface area contributed by atoms with Crippen LogP contribution >= 0.6 is 0 Å². The van der Waals surface area contributed by atoms with Crippen LogP contribution in [-0.2, 0) is 6.18 Å². The quantitative estimate of drug-likeness (QED) is 0.816. The van der Waals surface area contributed by atoms with Crippen LogP contribution in [0.3, 0.4) is 0 Å². The van der Waals surface area contributed by atoms with Gasteiger partial charge in [-0.2, -0.15) is 18.3 Å². The summed E-state index contributed by atoms with van der Waals surface area (Å²) < 4.78 is 38.8. The van der Waals surface area contributed by atoms with Gasteiger partial charge < -0.3 is 10.6 Å². The molecule has 1 fully saturated rings. The minimum absolute atomic E-state index is 0.301. The fourth-order valence-corrected chi connectivity index (χ4v) is 2.69. The maximum Gasteiger partial charge on any atom is 0.416 e. The SMILES string of the molecule is FC(F)(F)c1cc(NCC2CCCCN2)c2cn[nH]c2c1. The molecule has 114 valence electrons. The predicted molar refractivity (Wildman–Crippen MR) is 75.2 cm³/mol. The summed E-state index contributed by atoms with van der Waals surface area (Å²) in [6.07, 6.45) is 0.542. The van der Waals surface area contributed by atoms with Crippen LogP contribution in [0.4, 0.5) is 18.9 Å². The molecule has 0 radical (unpaired) electrons. The second kappa shape index (κ2) is 5.55. The Bertz CT molecular complexity index is 614. The Morgan fingerprint density at radius 1 is 1.29 bits per heavy atom. The molecule has 7 heteroatoms. The number of aromatic nitrogens is 2. The van der Waals surface area contributed by atoms with Crippen molar-refractivity contribution in [2.75, 3.05) is 18.4 Å². The lowest BCUT2D eigenvalue weighted by molar-refractivity contribution is -0.137. The van der Waals surface area contributed by atoms with Gasteiger partial charge in [0.05, 0.1) is 17.3 Å². The molecule has 1 aromatic heterocycles. The average Bonchev–Trinajstić information content (AvgIpc) is 2.93. The molecule has 2 heterocycles. The third-order valence-corrected chi connectivity index (χ3v) is 3.84. The number of H-pyrrole nitrogens is 1. The number of aromatic amines is 1. The fourth-order valence-electron chi connectivity index (χ4n) is 2.69. The fraction of sp³-hybridized carbons (Fsp3) is 0.500. The van der Waals surface area contributed by atoms with E-state index in [0.29, 0.717) is 29.2 Å². The Morgan fingerprint density at radius 2 is 2.14 bits per heavy atom. The Hall–Kier alpha value is -1.76. The average molecular weight is 298 g/mol. The summed E-state index contributed by atoms with van der Waals surface area (Å²) in [6, 6.07) is 2.54. The number of fused-ring (bicyclic) bond motifs is 1. The number of hydrogen-bond donors (Lipinski definition) is 3. The van der Waals surface area contributed by atoms with E-state index in [-0.39, 0.29) is 0 Å². The highest BCUT2D eigenvalue weighted by Crippen LogP contribution is 2.34. The molecule has 0 bridgehead atoms. The van der Waals surface area contributed by atoms with Crippen molar-refractivity contribution in [3.05, 3.63) is 23.9 Å². The zero-order valence-electron chi connectivity index (χ0n) is 11.4. The summed E-state index contributed by atoms with van der Waals surface area (Å²) >= 11 is 0. The normalized spacial score (nSPS) is 19.9. The molecule has 0 aliphatic carbocycles. The molecule has 1 unspecified atom stereocenters. The summed E-state index contributed by atoms with van der Waals surface area (Å²) in [7, 11) is 0. The molecule has 3 rings (SSSR count). The van der Waals surface area contributed by atoms with Gasteiger partial charge in [-0.3, -0.25) is 5.10 Å². The Balaban J connectivity index is 1.84. The third-order valence-electron chi connectivity index (χ3n) is 3.84. The summed E-state index contributed by atoms with van der Waals surface area (Å²) in [5.41, 5.74) is 0.197. The van der Waals surface area contributed by atoms with E-state index in [1.165, 1.54) is 0 Å². The zero-order chi connectivity index (χ0) is 14.9. The van der Waals surface area contributed by atoms with Crippen LogP contribution in [0.25, 0.3) is 10.9 Å². The number of rotatable bonds is 3. The number of piperidine rings is 1. The highest BCUT2D eigenvalue weighted by Gasteiger charge is 2.31. The Kier molecular flexibility index (Phi) is 3.75. The van der Waals surface area contributed by atoms with Crippen molar-refractivity contribution in [2.45, 2.75) is 31.5 Å². The minimum Gasteiger partial charge on any atom is -0.383 e. The van der Waals surface area contributed by atoms with E-state index in [1.807, 2.05) is 0 Å². The van der Waals surface area contributed by atoms with Crippen LogP contribution in [0, 0.1) is 0 Å². The van der Waals surface area contributed by atoms with Crippen LogP contribution in [-0.4, -0.2) is 29.3 Å². The lowest BCUT2D eigenvalue weighted by atomic mass is 10.0. The molecule has 4 nitrogen and oxygen atoms in total. The second-order valence-corrected chi connectivity index (χ2v) is 5.38. The molecule has 0 saturated carbocycles. The first kappa shape index (κ1) is 14.2. The molecule has 1 aliphatic heterocycles. The minimum atomic E-state index is -4.36. The van der Waals surface area contributed by atoms with Gasteiger partial charge in [0, 0.05) is 23.7 Å². The van der Waals surface area contributed by atoms with Gasteiger partial charge in [0.15, 0.2) is 0 Å². The predicted octanol–water partition coefficient (Wildman–Crippen LogP) is 3.14. The summed E-state index contributed by atoms with van der Waals surface area (Å²) in [4.78, 5) is 0. The molecule has 1 aliphatic rings. The van der Waals surface area contributed by atoms with Gasteiger partial charge >= 0.3 is 6.18 Å². The molecule has 0 amide bonds. The number of halogens is 3. The number of anilines is 1. The van der Waals surface area contributed by atoms with Crippen molar-refractivity contribution in [3.8, 4) is 0 Å². The monoisotopic (exact) mass is 298 g/mol. The van der Waals surface area contributed by atoms with Gasteiger partial charge in [0.25, 0.3) is 0 Å². The third kappa shape index (κ3) is 3.12. The van der Waals surface area contributed by atoms with E-state index in [1.54, 1.807) is 6.20 Å². The standard InChI is InChI=1S/C14H17F3N4/c15-14(16,17)9-5-12(11-8-20-21-13(11)6-9)19-7-10-3-1-2-4-18-10/h5-6,8,10,18-19H,1-4,7H2,(H,20,21). The molecular formula is C14H17F3N4. The molecule has 3 N–H and O–H groups in total. The summed E-state index contributed by atoms with van der Waals surface area (Å²) in [5.74, 6) is 0. The van der Waals surface area contributed by atoms with Gasteiger partial charge in [-0.15, -0.1) is 0 Å².